The second-order valence-corrected chi connectivity index (χ2v) is 5.56. The molecule has 0 spiro atoms. The Kier molecular flexibility index (Phi) is 6.09. The molecular formula is C12H20O12. The summed E-state index contributed by atoms with van der Waals surface area (Å²) in [5, 5.41) is 76.4. The van der Waals surface area contributed by atoms with Crippen LogP contribution in [0.3, 0.4) is 0 Å². The lowest BCUT2D eigenvalue weighted by Gasteiger charge is -2.44. The third kappa shape index (κ3) is 3.52. The summed E-state index contributed by atoms with van der Waals surface area (Å²) in [4.78, 5) is 11.0. The molecule has 0 saturated carbocycles. The van der Waals surface area contributed by atoms with Crippen LogP contribution in [0.1, 0.15) is 0 Å². The SMILES string of the molecule is O=C(O)C1OC(OC2[C@H](O)[C@H](CO)O[C@H](O)[C@H]2O)C(O)[C@@H](O)[C@@H]1O. The Morgan fingerprint density at radius 1 is 0.875 bits per heavy atom. The maximum atomic E-state index is 11.0. The van der Waals surface area contributed by atoms with Crippen molar-refractivity contribution >= 4 is 5.97 Å². The zero-order valence-electron chi connectivity index (χ0n) is 12.2. The standard InChI is InChI=1S/C12H20O12/c13-1-2-3(14)8(7(18)11(21)22-2)23-12-6(17)4(15)5(16)9(24-12)10(19)20/h2-9,11-18,21H,1H2,(H,19,20)/t2-,3+,4-,5-,6?,7-,8?,9?,11-,12?/m0/s1. The van der Waals surface area contributed by atoms with E-state index in [4.69, 9.17) is 24.4 Å². The van der Waals surface area contributed by atoms with E-state index >= 15 is 0 Å². The van der Waals surface area contributed by atoms with Gasteiger partial charge in [0.2, 0.25) is 0 Å². The summed E-state index contributed by atoms with van der Waals surface area (Å²) in [6.45, 7) is -0.724. The average molecular weight is 356 g/mol. The molecule has 0 aromatic rings. The Hall–Kier alpha value is -0.930. The summed E-state index contributed by atoms with van der Waals surface area (Å²) in [7, 11) is 0. The predicted molar refractivity (Wildman–Crippen MR) is 69.2 cm³/mol. The van der Waals surface area contributed by atoms with Gasteiger partial charge in [-0.1, -0.05) is 0 Å². The van der Waals surface area contributed by atoms with Crippen LogP contribution in [0.2, 0.25) is 0 Å². The lowest BCUT2D eigenvalue weighted by molar-refractivity contribution is -0.351. The van der Waals surface area contributed by atoms with E-state index in [1.54, 1.807) is 0 Å². The van der Waals surface area contributed by atoms with Crippen LogP contribution in [0.25, 0.3) is 0 Å². The molecule has 0 aromatic carbocycles. The van der Waals surface area contributed by atoms with Crippen LogP contribution in [-0.2, 0) is 19.0 Å². The Morgan fingerprint density at radius 2 is 1.50 bits per heavy atom. The van der Waals surface area contributed by atoms with Crippen LogP contribution in [0.5, 0.6) is 0 Å². The Balaban J connectivity index is 2.16. The summed E-state index contributed by atoms with van der Waals surface area (Å²) in [5.41, 5.74) is 0. The zero-order valence-corrected chi connectivity index (χ0v) is 12.2. The largest absolute Gasteiger partial charge is 0.479 e. The van der Waals surface area contributed by atoms with E-state index in [9.17, 15) is 35.4 Å². The van der Waals surface area contributed by atoms with Crippen molar-refractivity contribution in [2.75, 3.05) is 6.61 Å². The summed E-state index contributed by atoms with van der Waals surface area (Å²) < 4.78 is 14.7. The normalized spacial score (nSPS) is 49.8. The molecule has 12 heteroatoms. The van der Waals surface area contributed by atoms with E-state index in [-0.39, 0.29) is 0 Å². The van der Waals surface area contributed by atoms with Crippen molar-refractivity contribution in [1.29, 1.82) is 0 Å². The van der Waals surface area contributed by atoms with Gasteiger partial charge in [0.15, 0.2) is 18.7 Å². The molecule has 0 aromatic heterocycles. The van der Waals surface area contributed by atoms with Crippen LogP contribution >= 0.6 is 0 Å². The Morgan fingerprint density at radius 3 is 2.04 bits per heavy atom. The minimum Gasteiger partial charge on any atom is -0.479 e. The highest BCUT2D eigenvalue weighted by Gasteiger charge is 2.51. The van der Waals surface area contributed by atoms with Crippen molar-refractivity contribution in [3.8, 4) is 0 Å². The van der Waals surface area contributed by atoms with Crippen LogP contribution in [0.15, 0.2) is 0 Å². The third-order valence-corrected chi connectivity index (χ3v) is 3.94. The number of aliphatic hydroxyl groups is 7. The molecule has 0 amide bonds. The van der Waals surface area contributed by atoms with Gasteiger partial charge in [0, 0.05) is 0 Å². The summed E-state index contributed by atoms with van der Waals surface area (Å²) >= 11 is 0. The van der Waals surface area contributed by atoms with E-state index in [0.29, 0.717) is 0 Å². The molecule has 8 N–H and O–H groups in total. The first kappa shape index (κ1) is 19.4. The van der Waals surface area contributed by atoms with E-state index in [0.717, 1.165) is 0 Å². The van der Waals surface area contributed by atoms with Crippen LogP contribution in [0, 0.1) is 0 Å². The fraction of sp³-hybridized carbons (Fsp3) is 0.917. The Labute approximate surface area is 135 Å². The summed E-state index contributed by atoms with van der Waals surface area (Å²) in [6, 6.07) is 0. The van der Waals surface area contributed by atoms with Gasteiger partial charge in [-0.2, -0.15) is 0 Å². The van der Waals surface area contributed by atoms with Crippen LogP contribution in [-0.4, -0.2) is 115 Å². The minimum atomic E-state index is -1.93. The quantitative estimate of drug-likeness (QED) is 0.238. The first-order valence-electron chi connectivity index (χ1n) is 7.07. The number of aliphatic carboxylic acids is 1. The maximum absolute atomic E-state index is 11.0. The first-order chi connectivity index (χ1) is 11.2. The highest BCUT2D eigenvalue weighted by molar-refractivity contribution is 5.73. The molecule has 140 valence electrons. The third-order valence-electron chi connectivity index (χ3n) is 3.94. The molecular weight excluding hydrogens is 336 g/mol. The van der Waals surface area contributed by atoms with Crippen LogP contribution < -0.4 is 0 Å². The van der Waals surface area contributed by atoms with Crippen molar-refractivity contribution in [1.82, 2.24) is 0 Å². The van der Waals surface area contributed by atoms with Gasteiger partial charge in [0.25, 0.3) is 0 Å². The van der Waals surface area contributed by atoms with Gasteiger partial charge in [0.05, 0.1) is 6.61 Å². The van der Waals surface area contributed by atoms with Gasteiger partial charge in [-0.25, -0.2) is 4.79 Å². The van der Waals surface area contributed by atoms with Gasteiger partial charge < -0.3 is 55.1 Å². The van der Waals surface area contributed by atoms with E-state index in [1.807, 2.05) is 0 Å². The zero-order chi connectivity index (χ0) is 18.2. The van der Waals surface area contributed by atoms with E-state index < -0.39 is 74.0 Å². The van der Waals surface area contributed by atoms with Gasteiger partial charge in [-0.3, -0.25) is 0 Å². The number of rotatable bonds is 4. The molecule has 4 unspecified atom stereocenters. The fourth-order valence-electron chi connectivity index (χ4n) is 2.55. The number of hydrogen-bond acceptors (Lipinski definition) is 11. The number of ether oxygens (including phenoxy) is 3. The fourth-order valence-corrected chi connectivity index (χ4v) is 2.55. The lowest BCUT2D eigenvalue weighted by Crippen LogP contribution is -2.65. The molecule has 10 atom stereocenters. The molecule has 2 saturated heterocycles. The van der Waals surface area contributed by atoms with Gasteiger partial charge in [0.1, 0.15) is 42.7 Å². The molecule has 12 nitrogen and oxygen atoms in total. The molecule has 2 aliphatic rings. The van der Waals surface area contributed by atoms with Crippen molar-refractivity contribution in [3.63, 3.8) is 0 Å². The highest BCUT2D eigenvalue weighted by Crippen LogP contribution is 2.28. The number of carboxylic acid groups (broad SMARTS) is 1. The molecule has 24 heavy (non-hydrogen) atoms. The lowest BCUT2D eigenvalue weighted by atomic mass is 9.97. The van der Waals surface area contributed by atoms with Gasteiger partial charge in [-0.15, -0.1) is 0 Å². The molecule has 2 fully saturated rings. The molecule has 0 radical (unpaired) electrons. The van der Waals surface area contributed by atoms with Gasteiger partial charge >= 0.3 is 5.97 Å². The molecule has 0 bridgehead atoms. The second-order valence-electron chi connectivity index (χ2n) is 5.56. The summed E-state index contributed by atoms with van der Waals surface area (Å²) in [6.07, 6.45) is -17.8. The number of carboxylic acids is 1. The predicted octanol–water partition coefficient (Wildman–Crippen LogP) is -5.30. The molecule has 0 aliphatic carbocycles. The summed E-state index contributed by atoms with van der Waals surface area (Å²) in [5.74, 6) is -1.64. The highest BCUT2D eigenvalue weighted by atomic mass is 16.7. The first-order valence-corrected chi connectivity index (χ1v) is 7.07. The number of carbonyl (C=O) groups is 1. The number of aliphatic hydroxyl groups excluding tert-OH is 7. The minimum absolute atomic E-state index is 0.724. The topological polar surface area (TPSA) is 207 Å². The monoisotopic (exact) mass is 356 g/mol. The molecule has 2 rings (SSSR count). The number of hydrogen-bond donors (Lipinski definition) is 8. The van der Waals surface area contributed by atoms with Crippen molar-refractivity contribution in [2.45, 2.75) is 61.4 Å². The molecule has 2 aliphatic heterocycles. The van der Waals surface area contributed by atoms with Crippen molar-refractivity contribution < 1.29 is 59.9 Å². The van der Waals surface area contributed by atoms with Crippen molar-refractivity contribution in [2.24, 2.45) is 0 Å². The van der Waals surface area contributed by atoms with Crippen molar-refractivity contribution in [3.05, 3.63) is 0 Å². The second kappa shape index (κ2) is 7.53. The van der Waals surface area contributed by atoms with Crippen LogP contribution in [0.4, 0.5) is 0 Å². The van der Waals surface area contributed by atoms with E-state index in [1.165, 1.54) is 0 Å². The molecule has 2 heterocycles. The van der Waals surface area contributed by atoms with E-state index in [2.05, 4.69) is 0 Å². The van der Waals surface area contributed by atoms with Gasteiger partial charge in [-0.05, 0) is 0 Å². The smallest absolute Gasteiger partial charge is 0.335 e. The Bertz CT molecular complexity index is 446. The average Bonchev–Trinajstić information content (AvgIpc) is 2.54. The maximum Gasteiger partial charge on any atom is 0.335 e.